The molecule has 0 bridgehead atoms. The molecule has 0 amide bonds. The van der Waals surface area contributed by atoms with Crippen LogP contribution in [0.15, 0.2) is 0 Å². The first-order valence-corrected chi connectivity index (χ1v) is 8.20. The summed E-state index contributed by atoms with van der Waals surface area (Å²) in [5.74, 6) is 0. The lowest BCUT2D eigenvalue weighted by molar-refractivity contribution is -0.130. The molecular weight excluding hydrogens is 266 g/mol. The number of likely N-dealkylation sites (tertiary alicyclic amines) is 1. The Kier molecular flexibility index (Phi) is 9.88. The molecule has 0 radical (unpaired) electrons. The second kappa shape index (κ2) is 10.2. The highest BCUT2D eigenvalue weighted by Gasteiger charge is 2.32. The Morgan fingerprint density at radius 2 is 1.48 bits per heavy atom. The molecule has 1 aliphatic heterocycles. The number of hydrogen-bond donors (Lipinski definition) is 0. The van der Waals surface area contributed by atoms with E-state index in [1.807, 2.05) is 13.8 Å². The average molecular weight is 301 g/mol. The van der Waals surface area contributed by atoms with E-state index < -0.39 is 0 Å². The van der Waals surface area contributed by atoms with Crippen LogP contribution in [0.4, 0.5) is 0 Å². The minimum absolute atomic E-state index is 0.348. The van der Waals surface area contributed by atoms with Crippen LogP contribution in [0.3, 0.4) is 0 Å². The first kappa shape index (κ1) is 20.4. The predicted molar refractivity (Wildman–Crippen MR) is 87.4 cm³/mol. The van der Waals surface area contributed by atoms with Gasteiger partial charge in [-0.2, -0.15) is 0 Å². The standard InChI is InChI=1S/C15H29NO3.C2H6/c1-14(2)5-6-15(3,4)12-16(11-14)7-8-18-9-10-19-13-17;1-2/h13H,5-12H2,1-4H3;1-2H3. The molecule has 0 aromatic rings. The zero-order valence-electron chi connectivity index (χ0n) is 14.9. The molecule has 4 heteroatoms. The van der Waals surface area contributed by atoms with Gasteiger partial charge in [0.25, 0.3) is 6.47 Å². The molecule has 0 saturated carbocycles. The Balaban J connectivity index is 0.00000191. The van der Waals surface area contributed by atoms with E-state index in [2.05, 4.69) is 37.3 Å². The van der Waals surface area contributed by atoms with Crippen LogP contribution >= 0.6 is 0 Å². The number of rotatable bonds is 7. The zero-order valence-corrected chi connectivity index (χ0v) is 14.9. The van der Waals surface area contributed by atoms with Crippen molar-refractivity contribution in [1.82, 2.24) is 4.90 Å². The topological polar surface area (TPSA) is 38.8 Å². The van der Waals surface area contributed by atoms with E-state index in [0.29, 0.717) is 37.1 Å². The Labute approximate surface area is 131 Å². The van der Waals surface area contributed by atoms with Gasteiger partial charge in [0, 0.05) is 19.6 Å². The summed E-state index contributed by atoms with van der Waals surface area (Å²) in [6.45, 7) is 18.6. The Bertz CT molecular complexity index is 259. The highest BCUT2D eigenvalue weighted by Crippen LogP contribution is 2.36. The summed E-state index contributed by atoms with van der Waals surface area (Å²) in [5, 5.41) is 0. The first-order chi connectivity index (χ1) is 9.85. The maximum atomic E-state index is 9.98. The van der Waals surface area contributed by atoms with Crippen molar-refractivity contribution in [3.8, 4) is 0 Å². The highest BCUT2D eigenvalue weighted by atomic mass is 16.5. The lowest BCUT2D eigenvalue weighted by Crippen LogP contribution is -2.38. The summed E-state index contributed by atoms with van der Waals surface area (Å²) in [6, 6.07) is 0. The van der Waals surface area contributed by atoms with E-state index in [4.69, 9.17) is 4.74 Å². The number of nitrogens with zero attached hydrogens (tertiary/aromatic N) is 1. The van der Waals surface area contributed by atoms with Crippen molar-refractivity contribution >= 4 is 6.47 Å². The molecule has 0 aliphatic carbocycles. The van der Waals surface area contributed by atoms with Gasteiger partial charge in [0.15, 0.2) is 0 Å². The average Bonchev–Trinajstić information content (AvgIpc) is 2.52. The molecule has 4 nitrogen and oxygen atoms in total. The van der Waals surface area contributed by atoms with Crippen LogP contribution in [-0.2, 0) is 14.3 Å². The summed E-state index contributed by atoms with van der Waals surface area (Å²) >= 11 is 0. The lowest BCUT2D eigenvalue weighted by Gasteiger charge is -2.31. The van der Waals surface area contributed by atoms with Crippen molar-refractivity contribution in [2.24, 2.45) is 10.8 Å². The summed E-state index contributed by atoms with van der Waals surface area (Å²) in [5.41, 5.74) is 0.767. The van der Waals surface area contributed by atoms with E-state index in [-0.39, 0.29) is 0 Å². The van der Waals surface area contributed by atoms with Crippen LogP contribution < -0.4 is 0 Å². The van der Waals surface area contributed by atoms with Crippen LogP contribution in [0.5, 0.6) is 0 Å². The monoisotopic (exact) mass is 301 g/mol. The SMILES string of the molecule is CC.CC1(C)CCC(C)(C)CN(CCOCCOC=O)C1. The van der Waals surface area contributed by atoms with Gasteiger partial charge in [-0.05, 0) is 23.7 Å². The fraction of sp³-hybridized carbons (Fsp3) is 0.941. The van der Waals surface area contributed by atoms with Crippen molar-refractivity contribution in [3.63, 3.8) is 0 Å². The second-order valence-corrected chi connectivity index (χ2v) is 7.12. The molecule has 0 spiro atoms. The molecular formula is C17H35NO3. The Morgan fingerprint density at radius 3 is 1.95 bits per heavy atom. The molecule has 1 aliphatic rings. The molecule has 0 aromatic carbocycles. The maximum absolute atomic E-state index is 9.98. The molecule has 1 heterocycles. The van der Waals surface area contributed by atoms with Crippen molar-refractivity contribution in [1.29, 1.82) is 0 Å². The number of carbonyl (C=O) groups excluding carboxylic acids is 1. The molecule has 1 fully saturated rings. The van der Waals surface area contributed by atoms with Crippen molar-refractivity contribution in [3.05, 3.63) is 0 Å². The van der Waals surface area contributed by atoms with Gasteiger partial charge in [-0.1, -0.05) is 41.5 Å². The smallest absolute Gasteiger partial charge is 0.293 e. The van der Waals surface area contributed by atoms with E-state index >= 15 is 0 Å². The van der Waals surface area contributed by atoms with Crippen molar-refractivity contribution < 1.29 is 14.3 Å². The third kappa shape index (κ3) is 9.86. The normalized spacial score (nSPS) is 20.9. The summed E-state index contributed by atoms with van der Waals surface area (Å²) in [4.78, 5) is 12.5. The minimum Gasteiger partial charge on any atom is -0.465 e. The molecule has 0 aromatic heterocycles. The fourth-order valence-electron chi connectivity index (χ4n) is 2.71. The molecule has 1 saturated heterocycles. The van der Waals surface area contributed by atoms with Crippen molar-refractivity contribution in [2.45, 2.75) is 54.4 Å². The Hall–Kier alpha value is -0.610. The second-order valence-electron chi connectivity index (χ2n) is 7.12. The minimum atomic E-state index is 0.348. The predicted octanol–water partition coefficient (Wildman–Crippen LogP) is 3.35. The quantitative estimate of drug-likeness (QED) is 0.534. The third-order valence-electron chi connectivity index (χ3n) is 3.75. The summed E-state index contributed by atoms with van der Waals surface area (Å²) < 4.78 is 10.1. The van der Waals surface area contributed by atoms with Crippen molar-refractivity contribution in [2.75, 3.05) is 39.5 Å². The summed E-state index contributed by atoms with van der Waals surface area (Å²) in [7, 11) is 0. The van der Waals surface area contributed by atoms with Gasteiger partial charge in [-0.15, -0.1) is 0 Å². The zero-order chi connectivity index (χ0) is 16.4. The summed E-state index contributed by atoms with van der Waals surface area (Å²) in [6.07, 6.45) is 2.56. The molecule has 0 N–H and O–H groups in total. The number of carbonyl (C=O) groups is 1. The van der Waals surface area contributed by atoms with Gasteiger partial charge in [0.1, 0.15) is 6.61 Å². The highest BCUT2D eigenvalue weighted by molar-refractivity contribution is 5.36. The largest absolute Gasteiger partial charge is 0.465 e. The molecule has 0 unspecified atom stereocenters. The van der Waals surface area contributed by atoms with Crippen LogP contribution in [0.2, 0.25) is 0 Å². The molecule has 126 valence electrons. The van der Waals surface area contributed by atoms with E-state index in [1.165, 1.54) is 12.8 Å². The van der Waals surface area contributed by atoms with Gasteiger partial charge in [0.2, 0.25) is 0 Å². The van der Waals surface area contributed by atoms with Crippen LogP contribution in [-0.4, -0.2) is 50.8 Å². The van der Waals surface area contributed by atoms with Crippen LogP contribution in [0.25, 0.3) is 0 Å². The number of ether oxygens (including phenoxy) is 2. The first-order valence-electron chi connectivity index (χ1n) is 8.20. The van der Waals surface area contributed by atoms with Crippen LogP contribution in [0, 0.1) is 10.8 Å². The van der Waals surface area contributed by atoms with Gasteiger partial charge in [-0.3, -0.25) is 9.69 Å². The maximum Gasteiger partial charge on any atom is 0.293 e. The van der Waals surface area contributed by atoms with Gasteiger partial charge in [-0.25, -0.2) is 0 Å². The van der Waals surface area contributed by atoms with Gasteiger partial charge >= 0.3 is 0 Å². The lowest BCUT2D eigenvalue weighted by atomic mass is 9.81. The molecule has 0 atom stereocenters. The fourth-order valence-corrected chi connectivity index (χ4v) is 2.71. The molecule has 1 rings (SSSR count). The van der Waals surface area contributed by atoms with E-state index in [1.54, 1.807) is 0 Å². The Morgan fingerprint density at radius 1 is 0.952 bits per heavy atom. The van der Waals surface area contributed by atoms with Gasteiger partial charge in [0.05, 0.1) is 13.2 Å². The van der Waals surface area contributed by atoms with E-state index in [9.17, 15) is 4.79 Å². The van der Waals surface area contributed by atoms with E-state index in [0.717, 1.165) is 19.6 Å². The third-order valence-corrected chi connectivity index (χ3v) is 3.75. The number of hydrogen-bond acceptors (Lipinski definition) is 4. The van der Waals surface area contributed by atoms with Crippen LogP contribution in [0.1, 0.15) is 54.4 Å². The molecule has 21 heavy (non-hydrogen) atoms. The van der Waals surface area contributed by atoms with Gasteiger partial charge < -0.3 is 9.47 Å².